The molecule has 0 saturated heterocycles. The number of nitrogens with two attached hydrogens (primary N) is 1. The first kappa shape index (κ1) is 21.9. The van der Waals surface area contributed by atoms with Crippen LogP contribution in [-0.2, 0) is 6.54 Å². The second-order valence-electron chi connectivity index (χ2n) is 7.65. The zero-order valence-electron chi connectivity index (χ0n) is 18.0. The first-order chi connectivity index (χ1) is 15.8. The molecule has 0 bridgehead atoms. The molecule has 0 aliphatic heterocycles. The van der Waals surface area contributed by atoms with Crippen molar-refractivity contribution in [1.82, 2.24) is 14.8 Å². The fourth-order valence-electron chi connectivity index (χ4n) is 3.75. The molecule has 2 heterocycles. The molecule has 4 rings (SSSR count). The van der Waals surface area contributed by atoms with Crippen LogP contribution in [0, 0.1) is 31.0 Å². The van der Waals surface area contributed by atoms with Crippen molar-refractivity contribution in [2.75, 3.05) is 5.32 Å². The van der Waals surface area contributed by atoms with Crippen LogP contribution in [0.3, 0.4) is 0 Å². The minimum Gasteiger partial charge on any atom is -0.369 e. The second kappa shape index (κ2) is 8.68. The third-order valence-corrected chi connectivity index (χ3v) is 5.44. The predicted octanol–water partition coefficient (Wildman–Crippen LogP) is 3.31. The number of anilines is 1. The maximum atomic E-state index is 14.6. The summed E-state index contributed by atoms with van der Waals surface area (Å²) in [6.45, 7) is 4.10. The third-order valence-electron chi connectivity index (χ3n) is 5.44. The first-order valence-electron chi connectivity index (χ1n) is 10.1. The number of carbonyl (C=O) groups excluding carboxylic acids is 1. The van der Waals surface area contributed by atoms with Crippen LogP contribution in [-0.4, -0.2) is 25.8 Å². The molecule has 1 atom stereocenters. The van der Waals surface area contributed by atoms with E-state index in [1.807, 2.05) is 19.1 Å². The van der Waals surface area contributed by atoms with Crippen molar-refractivity contribution in [2.45, 2.75) is 26.6 Å². The Kier molecular flexibility index (Phi) is 5.77. The maximum Gasteiger partial charge on any atom is 0.267 e. The number of aliphatic hydroxyl groups excluding tert-OH is 1. The van der Waals surface area contributed by atoms with E-state index in [1.54, 1.807) is 29.8 Å². The van der Waals surface area contributed by atoms with Crippen LogP contribution < -0.4 is 11.1 Å². The van der Waals surface area contributed by atoms with Gasteiger partial charge in [0.2, 0.25) is 0 Å². The lowest BCUT2D eigenvalue weighted by Crippen LogP contribution is -2.17. The van der Waals surface area contributed by atoms with E-state index in [-0.39, 0.29) is 22.2 Å². The lowest BCUT2D eigenvalue weighted by Gasteiger charge is -2.18. The minimum absolute atomic E-state index is 0.0751. The van der Waals surface area contributed by atoms with E-state index in [4.69, 9.17) is 11.0 Å². The number of hydrogen-bond donors (Lipinski definition) is 3. The Hall–Kier alpha value is -4.29. The number of primary amides is 1. The fraction of sp³-hybridized carbons (Fsp3) is 0.167. The molecule has 2 aromatic carbocycles. The summed E-state index contributed by atoms with van der Waals surface area (Å²) in [4.78, 5) is 15.8. The smallest absolute Gasteiger partial charge is 0.267 e. The number of pyridine rings is 1. The summed E-state index contributed by atoms with van der Waals surface area (Å²) in [7, 11) is 0. The van der Waals surface area contributed by atoms with Gasteiger partial charge in [-0.2, -0.15) is 10.4 Å². The van der Waals surface area contributed by atoms with E-state index in [2.05, 4.69) is 21.5 Å². The van der Waals surface area contributed by atoms with Crippen molar-refractivity contribution in [1.29, 1.82) is 5.26 Å². The third kappa shape index (κ3) is 4.24. The van der Waals surface area contributed by atoms with Crippen molar-refractivity contribution >= 4 is 22.5 Å². The molecule has 0 aliphatic rings. The summed E-state index contributed by atoms with van der Waals surface area (Å²) in [5.74, 6) is -1.35. The van der Waals surface area contributed by atoms with E-state index in [9.17, 15) is 14.3 Å². The van der Waals surface area contributed by atoms with E-state index in [0.717, 1.165) is 11.3 Å². The lowest BCUT2D eigenvalue weighted by molar-refractivity contribution is 0.0995. The molecule has 0 fully saturated rings. The quantitative estimate of drug-likeness (QED) is 0.391. The fourth-order valence-corrected chi connectivity index (χ4v) is 3.75. The molecule has 8 nitrogen and oxygen atoms in total. The van der Waals surface area contributed by atoms with E-state index in [0.29, 0.717) is 23.5 Å². The number of rotatable bonds is 6. The lowest BCUT2D eigenvalue weighted by atomic mass is 10.0. The molecule has 2 aromatic heterocycles. The maximum absolute atomic E-state index is 14.6. The van der Waals surface area contributed by atoms with Gasteiger partial charge in [-0.05, 0) is 49.7 Å². The van der Waals surface area contributed by atoms with E-state index >= 15 is 0 Å². The van der Waals surface area contributed by atoms with Crippen molar-refractivity contribution in [3.05, 3.63) is 88.1 Å². The van der Waals surface area contributed by atoms with Gasteiger partial charge in [0.1, 0.15) is 11.5 Å². The highest BCUT2D eigenvalue weighted by molar-refractivity contribution is 5.95. The molecule has 4 aromatic rings. The number of aryl methyl sites for hydroxylation is 1. The number of aliphatic hydroxyl groups is 1. The number of nitriles is 1. The van der Waals surface area contributed by atoms with Gasteiger partial charge in [0, 0.05) is 10.9 Å². The summed E-state index contributed by atoms with van der Waals surface area (Å²) in [6.07, 6.45) is -1.35. The van der Waals surface area contributed by atoms with Crippen molar-refractivity contribution in [2.24, 2.45) is 5.73 Å². The van der Waals surface area contributed by atoms with Crippen LogP contribution in [0.5, 0.6) is 0 Å². The van der Waals surface area contributed by atoms with Crippen LogP contribution in [0.25, 0.3) is 10.9 Å². The molecule has 9 heteroatoms. The number of carbonyl (C=O) groups is 1. The Morgan fingerprint density at radius 3 is 2.67 bits per heavy atom. The van der Waals surface area contributed by atoms with Gasteiger partial charge in [0.05, 0.1) is 40.8 Å². The molecule has 4 N–H and O–H groups in total. The van der Waals surface area contributed by atoms with Crippen LogP contribution >= 0.6 is 0 Å². The van der Waals surface area contributed by atoms with Crippen LogP contribution in [0.2, 0.25) is 0 Å². The van der Waals surface area contributed by atoms with Gasteiger partial charge in [-0.3, -0.25) is 9.48 Å². The highest BCUT2D eigenvalue weighted by Gasteiger charge is 2.21. The molecule has 1 unspecified atom stereocenters. The molecular formula is C24H21FN6O2. The average Bonchev–Trinajstić information content (AvgIpc) is 3.06. The zero-order valence-corrected chi connectivity index (χ0v) is 18.0. The Labute approximate surface area is 189 Å². The molecule has 0 radical (unpaired) electrons. The number of nitrogens with zero attached hydrogens (tertiary/aromatic N) is 4. The average molecular weight is 444 g/mol. The molecule has 0 aliphatic carbocycles. The van der Waals surface area contributed by atoms with Gasteiger partial charge in [0.15, 0.2) is 6.23 Å². The number of fused-ring (bicyclic) bond motifs is 1. The molecule has 0 saturated carbocycles. The number of amides is 1. The van der Waals surface area contributed by atoms with E-state index < -0.39 is 18.0 Å². The van der Waals surface area contributed by atoms with Crippen molar-refractivity contribution < 1.29 is 14.3 Å². The highest BCUT2D eigenvalue weighted by atomic mass is 19.1. The van der Waals surface area contributed by atoms with Crippen molar-refractivity contribution in [3.63, 3.8) is 0 Å². The number of hydrogen-bond acceptors (Lipinski definition) is 6. The number of halogens is 1. The van der Waals surface area contributed by atoms with Gasteiger partial charge in [0.25, 0.3) is 5.91 Å². The summed E-state index contributed by atoms with van der Waals surface area (Å²) < 4.78 is 16.4. The second-order valence-corrected chi connectivity index (χ2v) is 7.65. The zero-order chi connectivity index (χ0) is 23.7. The molecule has 1 amide bonds. The largest absolute Gasteiger partial charge is 0.369 e. The van der Waals surface area contributed by atoms with Gasteiger partial charge in [-0.25, -0.2) is 9.37 Å². The monoisotopic (exact) mass is 444 g/mol. The SMILES string of the molecule is Cc1nn(Cc2ccc(C#N)cc2)c(C)c1NC(O)c1cc(C(N)=O)nc2cccc(F)c12. The van der Waals surface area contributed by atoms with Crippen molar-refractivity contribution in [3.8, 4) is 6.07 Å². The molecule has 166 valence electrons. The minimum atomic E-state index is -1.35. The summed E-state index contributed by atoms with van der Waals surface area (Å²) in [5, 5.41) is 27.6. The van der Waals surface area contributed by atoms with E-state index in [1.165, 1.54) is 18.2 Å². The molecular weight excluding hydrogens is 423 g/mol. The van der Waals surface area contributed by atoms with Gasteiger partial charge in [-0.1, -0.05) is 18.2 Å². The number of nitrogens with one attached hydrogen (secondary N) is 1. The standard InChI is InChI=1S/C24H21FN6O2/c1-13-22(14(2)31(30-13)12-16-8-6-15(11-26)7-9-16)29-24(33)17-10-20(23(27)32)28-19-5-3-4-18(25)21(17)19/h3-10,24,29,33H,12H2,1-2H3,(H2,27,32). The Morgan fingerprint density at radius 2 is 2.00 bits per heavy atom. The summed E-state index contributed by atoms with van der Waals surface area (Å²) >= 11 is 0. The van der Waals surface area contributed by atoms with Crippen LogP contribution in [0.4, 0.5) is 10.1 Å². The van der Waals surface area contributed by atoms with Crippen LogP contribution in [0.15, 0.2) is 48.5 Å². The first-order valence-corrected chi connectivity index (χ1v) is 10.1. The van der Waals surface area contributed by atoms with Crippen LogP contribution in [0.1, 0.15) is 44.8 Å². The number of benzene rings is 2. The van der Waals surface area contributed by atoms with Gasteiger partial charge < -0.3 is 16.2 Å². The Bertz CT molecular complexity index is 1410. The Balaban J connectivity index is 1.68. The summed E-state index contributed by atoms with van der Waals surface area (Å²) in [5.41, 5.74) is 9.16. The summed E-state index contributed by atoms with van der Waals surface area (Å²) in [6, 6.07) is 14.8. The predicted molar refractivity (Wildman–Crippen MR) is 121 cm³/mol. The highest BCUT2D eigenvalue weighted by Crippen LogP contribution is 2.30. The topological polar surface area (TPSA) is 130 Å². The normalized spacial score (nSPS) is 11.8. The van der Waals surface area contributed by atoms with Gasteiger partial charge >= 0.3 is 0 Å². The molecule has 0 spiro atoms. The van der Waals surface area contributed by atoms with Gasteiger partial charge in [-0.15, -0.1) is 0 Å². The Morgan fingerprint density at radius 1 is 1.27 bits per heavy atom. The molecule has 33 heavy (non-hydrogen) atoms. The number of aromatic nitrogens is 3.